The zero-order chi connectivity index (χ0) is 9.38. The number of fused-ring (bicyclic) bond motifs is 2. The summed E-state index contributed by atoms with van der Waals surface area (Å²) in [6.07, 6.45) is 1.53. The highest BCUT2D eigenvalue weighted by Gasteiger charge is 2.21. The molecule has 0 aliphatic carbocycles. The Hall–Kier alpha value is -2.17. The second-order valence-corrected chi connectivity index (χ2v) is 2.75. The molecule has 0 atom stereocenters. The van der Waals surface area contributed by atoms with E-state index in [0.717, 1.165) is 17.2 Å². The molecule has 2 aliphatic heterocycles. The molecule has 0 amide bonds. The number of aromatic nitrogens is 3. The summed E-state index contributed by atoms with van der Waals surface area (Å²) in [5, 5.41) is 10.2. The maximum Gasteiger partial charge on any atom is 0.286 e. The van der Waals surface area contributed by atoms with Gasteiger partial charge in [-0.15, -0.1) is 5.10 Å². The van der Waals surface area contributed by atoms with Gasteiger partial charge in [0.15, 0.2) is 11.5 Å². The van der Waals surface area contributed by atoms with E-state index in [9.17, 15) is 0 Å². The summed E-state index contributed by atoms with van der Waals surface area (Å²) >= 11 is 0. The van der Waals surface area contributed by atoms with Crippen LogP contribution in [0.15, 0.2) is 30.5 Å². The fourth-order valence-corrected chi connectivity index (χ4v) is 0.986. The van der Waals surface area contributed by atoms with E-state index in [0.29, 0.717) is 5.88 Å². The van der Waals surface area contributed by atoms with Gasteiger partial charge in [-0.3, -0.25) is 0 Å². The lowest BCUT2D eigenvalue weighted by molar-refractivity contribution is 0.628. The molecule has 2 aromatic rings. The van der Waals surface area contributed by atoms with Crippen LogP contribution in [-0.4, -0.2) is 15.4 Å². The lowest BCUT2D eigenvalue weighted by atomic mass is 10.4. The van der Waals surface area contributed by atoms with Gasteiger partial charge in [-0.25, -0.2) is 0 Å². The highest BCUT2D eigenvalue weighted by Crippen LogP contribution is 2.43. The van der Waals surface area contributed by atoms with Gasteiger partial charge in [0.05, 0.1) is 6.20 Å². The number of ether oxygens (including phenoxy) is 2. The molecule has 0 radical (unpaired) electrons. The molecule has 0 fully saturated rings. The van der Waals surface area contributed by atoms with Gasteiger partial charge in [-0.2, -0.15) is 0 Å². The zero-order valence-corrected chi connectivity index (χ0v) is 7.04. The lowest BCUT2D eigenvalue weighted by Crippen LogP contribution is -1.73. The van der Waals surface area contributed by atoms with Crippen molar-refractivity contribution >= 4 is 0 Å². The van der Waals surface area contributed by atoms with Gasteiger partial charge in [-0.05, 0) is 17.3 Å². The topological polar surface area (TPSA) is 63.7 Å². The van der Waals surface area contributed by atoms with Crippen LogP contribution < -0.4 is 9.47 Å². The van der Waals surface area contributed by atoms with Crippen LogP contribution in [0.4, 0.5) is 0 Å². The van der Waals surface area contributed by atoms with E-state index >= 15 is 0 Å². The molecule has 0 unspecified atom stereocenters. The summed E-state index contributed by atoms with van der Waals surface area (Å²) < 4.78 is 9.64. The first-order valence-corrected chi connectivity index (χ1v) is 4.06. The third-order valence-corrected chi connectivity index (χ3v) is 1.77. The molecule has 4 rings (SSSR count). The number of nitrogens with zero attached hydrogens (tertiary/aromatic N) is 3. The van der Waals surface area contributed by atoms with Gasteiger partial charge in [0.2, 0.25) is 5.75 Å². The third kappa shape index (κ3) is 1.35. The Morgan fingerprint density at radius 3 is 2.21 bits per heavy atom. The van der Waals surface area contributed by atoms with Gasteiger partial charge in [0.1, 0.15) is 0 Å². The smallest absolute Gasteiger partial charge is 0.286 e. The quantitative estimate of drug-likeness (QED) is 0.392. The molecular weight excluding hydrogens is 182 g/mol. The molecule has 0 N–H and O–H groups in total. The fourth-order valence-electron chi connectivity index (χ4n) is 0.986. The second kappa shape index (κ2) is 2.66. The molecule has 5 heteroatoms. The molecule has 0 saturated heterocycles. The van der Waals surface area contributed by atoms with Gasteiger partial charge in [0, 0.05) is 0 Å². The molecule has 2 aliphatic rings. The highest BCUT2D eigenvalue weighted by molar-refractivity contribution is 5.53. The molecule has 1 aromatic carbocycles. The average Bonchev–Trinajstić information content (AvgIpc) is 3.13. The van der Waals surface area contributed by atoms with Crippen molar-refractivity contribution in [2.24, 2.45) is 0 Å². The zero-order valence-electron chi connectivity index (χ0n) is 7.04. The van der Waals surface area contributed by atoms with Crippen LogP contribution in [0.5, 0.6) is 23.1 Å². The Kier molecular flexibility index (Phi) is 1.38. The predicted octanol–water partition coefficient (Wildman–Crippen LogP) is 1.77. The predicted molar refractivity (Wildman–Crippen MR) is 46.4 cm³/mol. The number of para-hydroxylation sites is 2. The molecule has 0 bridgehead atoms. The Morgan fingerprint density at radius 2 is 1.71 bits per heavy atom. The van der Waals surface area contributed by atoms with Crippen molar-refractivity contribution in [2.75, 3.05) is 0 Å². The monoisotopic (exact) mass is 187 g/mol. The minimum absolute atomic E-state index is 0.606. The van der Waals surface area contributed by atoms with E-state index in [1.165, 1.54) is 6.20 Å². The lowest BCUT2D eigenvalue weighted by Gasteiger charge is -1.61. The molecule has 68 valence electrons. The summed E-state index contributed by atoms with van der Waals surface area (Å²) in [7, 11) is 0. The van der Waals surface area contributed by atoms with E-state index in [-0.39, 0.29) is 0 Å². The summed E-state index contributed by atoms with van der Waals surface area (Å²) in [6.45, 7) is 0. The van der Waals surface area contributed by atoms with Crippen molar-refractivity contribution in [1.82, 2.24) is 15.4 Å². The molecule has 0 saturated carbocycles. The van der Waals surface area contributed by atoms with Gasteiger partial charge >= 0.3 is 0 Å². The number of hydrogen-bond donors (Lipinski definition) is 0. The molecule has 5 nitrogen and oxygen atoms in total. The first-order valence-electron chi connectivity index (χ1n) is 4.06. The van der Waals surface area contributed by atoms with Crippen LogP contribution in [0.3, 0.4) is 0 Å². The summed E-state index contributed by atoms with van der Waals surface area (Å²) in [6, 6.07) is 7.84. The van der Waals surface area contributed by atoms with Crippen molar-refractivity contribution in [2.45, 2.75) is 0 Å². The Morgan fingerprint density at radius 1 is 0.929 bits per heavy atom. The van der Waals surface area contributed by atoms with Crippen LogP contribution in [-0.2, 0) is 0 Å². The second-order valence-electron chi connectivity index (χ2n) is 2.75. The Balaban J connectivity index is 0.0000000914. The SMILES string of the molecule is c1ccc2c(c1)O2.c1nnnc2c1O2. The first-order chi connectivity index (χ1) is 6.93. The molecule has 14 heavy (non-hydrogen) atoms. The van der Waals surface area contributed by atoms with Crippen LogP contribution >= 0.6 is 0 Å². The first kappa shape index (κ1) is 7.25. The normalized spacial score (nSPS) is 12.0. The highest BCUT2D eigenvalue weighted by atomic mass is 16.6. The Bertz CT molecular complexity index is 399. The minimum atomic E-state index is 0.606. The van der Waals surface area contributed by atoms with E-state index in [4.69, 9.17) is 9.47 Å². The van der Waals surface area contributed by atoms with Crippen LogP contribution in [0.1, 0.15) is 0 Å². The van der Waals surface area contributed by atoms with Crippen LogP contribution in [0.25, 0.3) is 0 Å². The van der Waals surface area contributed by atoms with Crippen molar-refractivity contribution in [3.05, 3.63) is 30.5 Å². The molecular formula is C9H5N3O2. The molecule has 1 aromatic heterocycles. The van der Waals surface area contributed by atoms with Crippen molar-refractivity contribution < 1.29 is 9.47 Å². The summed E-state index contributed by atoms with van der Waals surface area (Å²) in [5.74, 6) is 3.41. The van der Waals surface area contributed by atoms with E-state index < -0.39 is 0 Å². The van der Waals surface area contributed by atoms with Crippen molar-refractivity contribution in [3.63, 3.8) is 0 Å². The Labute approximate surface area is 79.3 Å². The fraction of sp³-hybridized carbons (Fsp3) is 0. The number of rotatable bonds is 0. The van der Waals surface area contributed by atoms with E-state index in [2.05, 4.69) is 15.4 Å². The third-order valence-electron chi connectivity index (χ3n) is 1.77. The van der Waals surface area contributed by atoms with Crippen LogP contribution in [0.2, 0.25) is 0 Å². The largest absolute Gasteiger partial charge is 0.450 e. The van der Waals surface area contributed by atoms with E-state index in [1.807, 2.05) is 24.3 Å². The van der Waals surface area contributed by atoms with Gasteiger partial charge in [0.25, 0.3) is 5.88 Å². The van der Waals surface area contributed by atoms with Crippen molar-refractivity contribution in [1.29, 1.82) is 0 Å². The molecule has 3 heterocycles. The minimum Gasteiger partial charge on any atom is -0.450 e. The molecule has 0 spiro atoms. The van der Waals surface area contributed by atoms with Crippen molar-refractivity contribution in [3.8, 4) is 23.1 Å². The maximum absolute atomic E-state index is 4.94. The van der Waals surface area contributed by atoms with Gasteiger partial charge < -0.3 is 9.47 Å². The maximum atomic E-state index is 4.94. The number of hydrogen-bond acceptors (Lipinski definition) is 5. The van der Waals surface area contributed by atoms with Crippen LogP contribution in [0, 0.1) is 0 Å². The summed E-state index contributed by atoms with van der Waals surface area (Å²) in [5.41, 5.74) is 0. The average molecular weight is 187 g/mol. The standard InChI is InChI=1S/C6H4O.C3HN3O/c1-2-4-6-5(3-1)7-6;1-2-3(7-2)5-6-4-1/h1-4H;1H. The number of benzene rings is 1. The van der Waals surface area contributed by atoms with E-state index in [1.54, 1.807) is 0 Å². The summed E-state index contributed by atoms with van der Waals surface area (Å²) in [4.78, 5) is 0. The van der Waals surface area contributed by atoms with Gasteiger partial charge in [-0.1, -0.05) is 17.2 Å².